The molecule has 0 aromatic carbocycles. The van der Waals surface area contributed by atoms with Crippen LogP contribution in [0, 0.1) is 0 Å². The van der Waals surface area contributed by atoms with Crippen LogP contribution in [-0.4, -0.2) is 27.8 Å². The zero-order valence-corrected chi connectivity index (χ0v) is 37.5. The van der Waals surface area contributed by atoms with Crippen LogP contribution in [0.2, 0.25) is 0 Å². The molecule has 6 heteroatoms. The van der Waals surface area contributed by atoms with Crippen molar-refractivity contribution in [2.75, 3.05) is 13.2 Å². The van der Waals surface area contributed by atoms with Crippen molar-refractivity contribution in [3.63, 3.8) is 0 Å². The summed E-state index contributed by atoms with van der Waals surface area (Å²) >= 11 is 0. The van der Waals surface area contributed by atoms with Gasteiger partial charge in [0.2, 0.25) is 0 Å². The van der Waals surface area contributed by atoms with Gasteiger partial charge in [0.05, 0.1) is 6.61 Å². The van der Waals surface area contributed by atoms with Crippen LogP contribution in [0.25, 0.3) is 0 Å². The van der Waals surface area contributed by atoms with E-state index in [0.29, 0.717) is 0 Å². The third-order valence-electron chi connectivity index (χ3n) is 11.1. The number of nitrogens with zero attached hydrogens (tertiary/aromatic N) is 1. The van der Waals surface area contributed by atoms with Crippen LogP contribution in [0.3, 0.4) is 0 Å². The molecule has 5 nitrogen and oxygen atoms in total. The molecule has 2 N–H and O–H groups in total. The van der Waals surface area contributed by atoms with Gasteiger partial charge >= 0.3 is 7.82 Å². The van der Waals surface area contributed by atoms with Gasteiger partial charge < -0.3 is 14.7 Å². The Morgan fingerprint density at radius 3 is 0.944 bits per heavy atom. The van der Waals surface area contributed by atoms with E-state index in [1.165, 1.54) is 238 Å². The fraction of sp³-hybridized carbons (Fsp3) is 0.917. The first kappa shape index (κ1) is 53.4. The molecule has 54 heavy (non-hydrogen) atoms. The third-order valence-corrected chi connectivity index (χ3v) is 11.6. The Labute approximate surface area is 339 Å². The van der Waals surface area contributed by atoms with Crippen molar-refractivity contribution in [3.8, 4) is 0 Å². The largest absolute Gasteiger partial charge is 0.469 e. The van der Waals surface area contributed by atoms with Crippen molar-refractivity contribution in [1.82, 2.24) is 4.90 Å². The summed E-state index contributed by atoms with van der Waals surface area (Å²) in [5, 5.41) is 0. The molecular formula is C48H96NO4P. The SMILES string of the molecule is CCCCCCCCCCCCCCCCC=CN(C=CCCCCCCCCCCCCCCCC)CCCCCCCCCCCCOP(=O)(O)O. The average Bonchev–Trinajstić information content (AvgIpc) is 3.15. The maximum atomic E-state index is 10.7. The van der Waals surface area contributed by atoms with Gasteiger partial charge in [-0.25, -0.2) is 4.57 Å². The van der Waals surface area contributed by atoms with Gasteiger partial charge in [-0.2, -0.15) is 0 Å². The normalized spacial score (nSPS) is 12.2. The van der Waals surface area contributed by atoms with Crippen LogP contribution in [0.1, 0.15) is 271 Å². The van der Waals surface area contributed by atoms with Crippen LogP contribution in [0.4, 0.5) is 0 Å². The predicted molar refractivity (Wildman–Crippen MR) is 239 cm³/mol. The highest BCUT2D eigenvalue weighted by molar-refractivity contribution is 7.46. The molecule has 322 valence electrons. The molecule has 0 aliphatic carbocycles. The summed E-state index contributed by atoms with van der Waals surface area (Å²) in [7, 11) is -4.30. The zero-order chi connectivity index (χ0) is 39.3. The van der Waals surface area contributed by atoms with E-state index in [4.69, 9.17) is 9.79 Å². The maximum Gasteiger partial charge on any atom is 0.469 e. The van der Waals surface area contributed by atoms with Crippen LogP contribution in [0.15, 0.2) is 24.6 Å². The number of rotatable bonds is 46. The molecule has 0 aliphatic rings. The smallest absolute Gasteiger partial charge is 0.355 e. The standard InChI is InChI=1S/C48H96NO4P/c1-3-5-7-9-11-13-15-17-19-21-23-25-29-33-37-41-45-49(47-43-39-35-31-27-28-32-36-40-44-48-53-54(50,51)52)46-42-38-34-30-26-24-22-20-18-16-14-12-10-8-6-4-2/h41-42,45-46H,3-40,43-44,47-48H2,1-2H3,(H2,50,51,52). The van der Waals surface area contributed by atoms with Gasteiger partial charge in [-0.05, 0) is 50.9 Å². The van der Waals surface area contributed by atoms with Gasteiger partial charge in [0, 0.05) is 6.54 Å². The Morgan fingerprint density at radius 1 is 0.389 bits per heavy atom. The minimum atomic E-state index is -4.30. The molecule has 0 saturated heterocycles. The minimum absolute atomic E-state index is 0.157. The second-order valence-electron chi connectivity index (χ2n) is 16.6. The molecule has 0 unspecified atom stereocenters. The van der Waals surface area contributed by atoms with Crippen molar-refractivity contribution < 1.29 is 18.9 Å². The van der Waals surface area contributed by atoms with E-state index in [-0.39, 0.29) is 6.61 Å². The van der Waals surface area contributed by atoms with E-state index < -0.39 is 7.82 Å². The number of hydrogen-bond donors (Lipinski definition) is 2. The molecule has 0 aliphatic heterocycles. The summed E-state index contributed by atoms with van der Waals surface area (Å²) in [4.78, 5) is 20.0. The van der Waals surface area contributed by atoms with Crippen LogP contribution in [-0.2, 0) is 9.09 Å². The molecule has 0 bridgehead atoms. The Morgan fingerprint density at radius 2 is 0.648 bits per heavy atom. The molecule has 0 saturated carbocycles. The summed E-state index contributed by atoms with van der Waals surface area (Å²) in [5.74, 6) is 0. The van der Waals surface area contributed by atoms with Gasteiger partial charge in [0.25, 0.3) is 0 Å². The Bertz CT molecular complexity index is 771. The second kappa shape index (κ2) is 45.1. The number of phosphoric acid groups is 1. The Hall–Kier alpha value is -0.610. The van der Waals surface area contributed by atoms with Crippen molar-refractivity contribution in [1.29, 1.82) is 0 Å². The number of phosphoric ester groups is 1. The maximum absolute atomic E-state index is 10.7. The van der Waals surface area contributed by atoms with Gasteiger partial charge in [-0.15, -0.1) is 0 Å². The number of hydrogen-bond acceptors (Lipinski definition) is 3. The van der Waals surface area contributed by atoms with Gasteiger partial charge in [-0.3, -0.25) is 4.52 Å². The quantitative estimate of drug-likeness (QED) is 0.0475. The molecule has 0 atom stereocenters. The van der Waals surface area contributed by atoms with E-state index in [2.05, 4.69) is 47.8 Å². The van der Waals surface area contributed by atoms with Crippen molar-refractivity contribution >= 4 is 7.82 Å². The van der Waals surface area contributed by atoms with Crippen LogP contribution < -0.4 is 0 Å². The molecule has 0 radical (unpaired) electrons. The topological polar surface area (TPSA) is 70.0 Å². The minimum Gasteiger partial charge on any atom is -0.355 e. The lowest BCUT2D eigenvalue weighted by Gasteiger charge is -2.15. The lowest BCUT2D eigenvalue weighted by molar-refractivity contribution is 0.193. The van der Waals surface area contributed by atoms with Gasteiger partial charge in [0.15, 0.2) is 0 Å². The highest BCUT2D eigenvalue weighted by Crippen LogP contribution is 2.35. The molecule has 0 aromatic heterocycles. The molecule has 0 amide bonds. The number of unbranched alkanes of at least 4 members (excludes halogenated alkanes) is 37. The van der Waals surface area contributed by atoms with E-state index in [1.54, 1.807) is 0 Å². The van der Waals surface area contributed by atoms with Crippen molar-refractivity contribution in [3.05, 3.63) is 24.6 Å². The molecular weight excluding hydrogens is 686 g/mol. The Balaban J connectivity index is 4.11. The first-order chi connectivity index (χ1) is 26.5. The predicted octanol–water partition coefficient (Wildman–Crippen LogP) is 17.1. The number of allylic oxidation sites excluding steroid dienone is 2. The lowest BCUT2D eigenvalue weighted by atomic mass is 10.0. The first-order valence-electron chi connectivity index (χ1n) is 24.3. The summed E-state index contributed by atoms with van der Waals surface area (Å²) in [6.07, 6.45) is 63.5. The summed E-state index contributed by atoms with van der Waals surface area (Å²) in [6.45, 7) is 5.88. The molecule has 0 rings (SSSR count). The summed E-state index contributed by atoms with van der Waals surface area (Å²) in [5.41, 5.74) is 0. The van der Waals surface area contributed by atoms with Crippen LogP contribution in [0.5, 0.6) is 0 Å². The fourth-order valence-electron chi connectivity index (χ4n) is 7.53. The monoisotopic (exact) mass is 782 g/mol. The first-order valence-corrected chi connectivity index (χ1v) is 25.8. The molecule has 0 heterocycles. The van der Waals surface area contributed by atoms with Crippen LogP contribution >= 0.6 is 7.82 Å². The fourth-order valence-corrected chi connectivity index (χ4v) is 7.89. The van der Waals surface area contributed by atoms with Gasteiger partial charge in [0.1, 0.15) is 0 Å². The second-order valence-corrected chi connectivity index (χ2v) is 17.9. The van der Waals surface area contributed by atoms with E-state index in [9.17, 15) is 4.57 Å². The molecule has 0 fully saturated rings. The van der Waals surface area contributed by atoms with E-state index in [0.717, 1.165) is 25.8 Å². The lowest BCUT2D eigenvalue weighted by Crippen LogP contribution is -2.11. The van der Waals surface area contributed by atoms with E-state index in [1.807, 2.05) is 0 Å². The summed E-state index contributed by atoms with van der Waals surface area (Å²) < 4.78 is 15.2. The zero-order valence-electron chi connectivity index (χ0n) is 36.6. The summed E-state index contributed by atoms with van der Waals surface area (Å²) in [6, 6.07) is 0. The highest BCUT2D eigenvalue weighted by Gasteiger charge is 2.12. The Kier molecular flexibility index (Phi) is 44.6. The third kappa shape index (κ3) is 47.5. The average molecular weight is 782 g/mol. The molecule has 0 aromatic rings. The van der Waals surface area contributed by atoms with Gasteiger partial charge in [-0.1, -0.05) is 244 Å². The van der Waals surface area contributed by atoms with Crippen molar-refractivity contribution in [2.45, 2.75) is 271 Å². The van der Waals surface area contributed by atoms with Crippen molar-refractivity contribution in [2.24, 2.45) is 0 Å². The highest BCUT2D eigenvalue weighted by atomic mass is 31.2. The molecule has 0 spiro atoms. The van der Waals surface area contributed by atoms with E-state index >= 15 is 0 Å².